The Bertz CT molecular complexity index is 1230. The van der Waals surface area contributed by atoms with Crippen LogP contribution in [-0.2, 0) is 5.41 Å². The van der Waals surface area contributed by atoms with Gasteiger partial charge in [-0.2, -0.15) is 5.26 Å². The molecule has 0 radical (unpaired) electrons. The smallest absolute Gasteiger partial charge is 0.322 e. The minimum absolute atomic E-state index is 0.122. The lowest BCUT2D eigenvalue weighted by atomic mass is 9.80. The van der Waals surface area contributed by atoms with E-state index in [2.05, 4.69) is 27.3 Å². The van der Waals surface area contributed by atoms with Crippen LogP contribution in [-0.4, -0.2) is 64.2 Å². The van der Waals surface area contributed by atoms with E-state index in [9.17, 15) is 15.2 Å². The van der Waals surface area contributed by atoms with Crippen LogP contribution in [0.3, 0.4) is 0 Å². The molecule has 37 heavy (non-hydrogen) atoms. The largest absolute Gasteiger partial charge is 0.395 e. The summed E-state index contributed by atoms with van der Waals surface area (Å²) in [6, 6.07) is 13.7. The highest BCUT2D eigenvalue weighted by molar-refractivity contribution is 6.33. The van der Waals surface area contributed by atoms with Crippen molar-refractivity contribution in [3.05, 3.63) is 57.8 Å². The molecule has 2 unspecified atom stereocenters. The highest BCUT2D eigenvalue weighted by Crippen LogP contribution is 2.63. The van der Waals surface area contributed by atoms with Crippen LogP contribution in [0.1, 0.15) is 43.2 Å². The van der Waals surface area contributed by atoms with E-state index in [4.69, 9.17) is 23.2 Å². The van der Waals surface area contributed by atoms with Crippen molar-refractivity contribution in [1.29, 1.82) is 5.26 Å². The highest BCUT2D eigenvalue weighted by atomic mass is 35.5. The van der Waals surface area contributed by atoms with E-state index in [0.29, 0.717) is 35.5 Å². The van der Waals surface area contributed by atoms with Crippen molar-refractivity contribution >= 4 is 34.9 Å². The van der Waals surface area contributed by atoms with Gasteiger partial charge in [-0.15, -0.1) is 0 Å². The Morgan fingerprint density at radius 1 is 1.27 bits per heavy atom. The number of benzene rings is 1. The number of fused-ring (bicyclic) bond motifs is 2. The van der Waals surface area contributed by atoms with Gasteiger partial charge in [-0.1, -0.05) is 35.3 Å². The Morgan fingerprint density at radius 3 is 2.81 bits per heavy atom. The number of carbonyl (C=O) groups is 1. The third kappa shape index (κ3) is 4.81. The van der Waals surface area contributed by atoms with E-state index in [1.54, 1.807) is 12.1 Å². The SMILES string of the molecule is N#Cc1cccc([C@]23CC[C@@H](N(CCN4C[C@@H]5CC5[C@H]4CO)C(=O)Nc4cc(Cl)nc(Cl)c4)CC2C3)c1. The van der Waals surface area contributed by atoms with E-state index in [1.807, 2.05) is 23.1 Å². The standard InChI is InChI=1S/C28H31Cl2N5O2/c29-25-11-21(12-26(30)33-25)32-27(37)35(7-6-34-15-18-9-23(18)24(34)16-36)22-4-5-28(13-20(28)10-22)19-3-1-2-17(8-19)14-31/h1-3,8,11-12,18,20,22-24,36H,4-7,9-10,13,15-16H2,(H,32,33,37)/t18-,20?,22+,23?,24+,28+/m0/s1. The molecule has 6 atom stereocenters. The third-order valence-electron chi connectivity index (χ3n) is 9.22. The second-order valence-electron chi connectivity index (χ2n) is 11.2. The Kier molecular flexibility index (Phi) is 6.57. The average molecular weight is 540 g/mol. The summed E-state index contributed by atoms with van der Waals surface area (Å²) in [6.45, 7) is 2.53. The maximum Gasteiger partial charge on any atom is 0.322 e. The van der Waals surface area contributed by atoms with Crippen LogP contribution < -0.4 is 5.32 Å². The van der Waals surface area contributed by atoms with Gasteiger partial charge < -0.3 is 15.3 Å². The third-order valence-corrected chi connectivity index (χ3v) is 9.61. The number of hydrogen-bond donors (Lipinski definition) is 2. The van der Waals surface area contributed by atoms with Crippen LogP contribution in [0.25, 0.3) is 0 Å². The van der Waals surface area contributed by atoms with Gasteiger partial charge in [0.2, 0.25) is 0 Å². The van der Waals surface area contributed by atoms with Gasteiger partial charge in [-0.3, -0.25) is 4.90 Å². The molecule has 2 amide bonds. The summed E-state index contributed by atoms with van der Waals surface area (Å²) in [6.07, 6.45) is 5.17. The van der Waals surface area contributed by atoms with Crippen molar-refractivity contribution in [2.24, 2.45) is 17.8 Å². The summed E-state index contributed by atoms with van der Waals surface area (Å²) in [5.74, 6) is 1.82. The van der Waals surface area contributed by atoms with Crippen LogP contribution in [0.5, 0.6) is 0 Å². The van der Waals surface area contributed by atoms with Gasteiger partial charge in [0, 0.05) is 37.4 Å². The second kappa shape index (κ2) is 9.74. The molecule has 1 aromatic carbocycles. The zero-order valence-corrected chi connectivity index (χ0v) is 22.1. The maximum absolute atomic E-state index is 13.6. The number of aromatic nitrogens is 1. The second-order valence-corrected chi connectivity index (χ2v) is 12.0. The number of aliphatic hydroxyl groups excluding tert-OH is 1. The highest BCUT2D eigenvalue weighted by Gasteiger charge is 2.58. The topological polar surface area (TPSA) is 92.5 Å². The minimum atomic E-state index is -0.159. The van der Waals surface area contributed by atoms with Crippen molar-refractivity contribution in [3.63, 3.8) is 0 Å². The number of hydrogen-bond acceptors (Lipinski definition) is 5. The number of nitrogens with one attached hydrogen (secondary N) is 1. The lowest BCUT2D eigenvalue weighted by Crippen LogP contribution is -2.49. The molecule has 4 fully saturated rings. The monoisotopic (exact) mass is 539 g/mol. The molecule has 0 spiro atoms. The van der Waals surface area contributed by atoms with Gasteiger partial charge in [0.25, 0.3) is 0 Å². The Balaban J connectivity index is 1.18. The molecule has 0 bridgehead atoms. The number of halogens is 2. The molecule has 2 heterocycles. The Labute approximate surface area is 227 Å². The molecule has 1 aliphatic heterocycles. The van der Waals surface area contributed by atoms with Gasteiger partial charge >= 0.3 is 6.03 Å². The number of rotatable bonds is 7. The fraction of sp³-hybridized carbons (Fsp3) is 0.536. The van der Waals surface area contributed by atoms with Gasteiger partial charge in [0.1, 0.15) is 10.3 Å². The molecule has 3 aliphatic carbocycles. The predicted octanol–water partition coefficient (Wildman–Crippen LogP) is 4.92. The molecule has 7 nitrogen and oxygen atoms in total. The van der Waals surface area contributed by atoms with Crippen LogP contribution in [0.15, 0.2) is 36.4 Å². The average Bonchev–Trinajstić information content (AvgIpc) is 3.78. The van der Waals surface area contributed by atoms with E-state index in [-0.39, 0.29) is 40.4 Å². The predicted molar refractivity (Wildman–Crippen MR) is 143 cm³/mol. The lowest BCUT2D eigenvalue weighted by molar-refractivity contribution is 0.110. The number of urea groups is 1. The summed E-state index contributed by atoms with van der Waals surface area (Å²) >= 11 is 12.1. The van der Waals surface area contributed by atoms with Gasteiger partial charge in [0.05, 0.1) is 18.2 Å². The summed E-state index contributed by atoms with van der Waals surface area (Å²) in [7, 11) is 0. The van der Waals surface area contributed by atoms with Crippen molar-refractivity contribution in [2.75, 3.05) is 31.6 Å². The number of likely N-dealkylation sites (tertiary alicyclic amines) is 1. The van der Waals surface area contributed by atoms with Crippen molar-refractivity contribution in [3.8, 4) is 6.07 Å². The maximum atomic E-state index is 13.6. The van der Waals surface area contributed by atoms with Gasteiger partial charge in [0.15, 0.2) is 0 Å². The van der Waals surface area contributed by atoms with Crippen LogP contribution in [0, 0.1) is 29.1 Å². The first kappa shape index (κ1) is 24.9. The molecular weight excluding hydrogens is 509 g/mol. The summed E-state index contributed by atoms with van der Waals surface area (Å²) < 4.78 is 0. The summed E-state index contributed by atoms with van der Waals surface area (Å²) in [5.41, 5.74) is 2.63. The molecule has 1 aromatic heterocycles. The first-order chi connectivity index (χ1) is 17.9. The summed E-state index contributed by atoms with van der Waals surface area (Å²) in [4.78, 5) is 21.9. The fourth-order valence-corrected chi connectivity index (χ4v) is 7.59. The molecule has 9 heteroatoms. The first-order valence-corrected chi connectivity index (χ1v) is 13.9. The van der Waals surface area contributed by atoms with Crippen molar-refractivity contribution in [2.45, 2.75) is 49.6 Å². The van der Waals surface area contributed by atoms with E-state index >= 15 is 0 Å². The zero-order chi connectivity index (χ0) is 25.7. The molecule has 194 valence electrons. The van der Waals surface area contributed by atoms with Crippen molar-refractivity contribution < 1.29 is 9.90 Å². The molecule has 2 N–H and O–H groups in total. The van der Waals surface area contributed by atoms with E-state index < -0.39 is 0 Å². The molecule has 1 saturated heterocycles. The summed E-state index contributed by atoms with van der Waals surface area (Å²) in [5, 5.41) is 22.7. The molecule has 4 aliphatic rings. The number of anilines is 1. The molecule has 6 rings (SSSR count). The number of pyridine rings is 1. The number of aliphatic hydroxyl groups is 1. The number of amides is 2. The molecular formula is C28H31Cl2N5O2. The number of carbonyl (C=O) groups excluding carboxylic acids is 1. The van der Waals surface area contributed by atoms with Crippen LogP contribution >= 0.6 is 23.2 Å². The number of nitrogens with zero attached hydrogens (tertiary/aromatic N) is 4. The van der Waals surface area contributed by atoms with Gasteiger partial charge in [-0.05, 0) is 85.1 Å². The van der Waals surface area contributed by atoms with Crippen molar-refractivity contribution in [1.82, 2.24) is 14.8 Å². The number of nitriles is 1. The number of piperidine rings is 1. The lowest BCUT2D eigenvalue weighted by Gasteiger charge is -2.38. The van der Waals surface area contributed by atoms with Crippen LogP contribution in [0.4, 0.5) is 10.5 Å². The van der Waals surface area contributed by atoms with E-state index in [0.717, 1.165) is 38.8 Å². The van der Waals surface area contributed by atoms with Gasteiger partial charge in [-0.25, -0.2) is 9.78 Å². The van der Waals surface area contributed by atoms with E-state index in [1.165, 1.54) is 12.0 Å². The minimum Gasteiger partial charge on any atom is -0.395 e. The molecule has 2 aromatic rings. The fourth-order valence-electron chi connectivity index (χ4n) is 7.13. The normalized spacial score (nSPS) is 31.7. The first-order valence-electron chi connectivity index (χ1n) is 13.2. The zero-order valence-electron chi connectivity index (χ0n) is 20.6. The Hall–Kier alpha value is -2.37. The van der Waals surface area contributed by atoms with Crippen LogP contribution in [0.2, 0.25) is 10.3 Å². The quantitative estimate of drug-likeness (QED) is 0.487. The Morgan fingerprint density at radius 2 is 2.08 bits per heavy atom. The molecule has 3 saturated carbocycles.